The van der Waals surface area contributed by atoms with Gasteiger partial charge in [0.05, 0.1) is 5.69 Å². The quantitative estimate of drug-likeness (QED) is 0.434. The Balaban J connectivity index is 1.74. The van der Waals surface area contributed by atoms with Crippen LogP contribution >= 0.6 is 11.6 Å². The molecule has 0 unspecified atom stereocenters. The largest absolute Gasteiger partial charge is 0.453 e. The molecule has 2 aliphatic heterocycles. The number of furan rings is 1. The van der Waals surface area contributed by atoms with Crippen molar-refractivity contribution in [3.8, 4) is 40.1 Å². The molecule has 1 aromatic heterocycles. The number of fused-ring (bicyclic) bond motifs is 1. The Morgan fingerprint density at radius 2 is 1.68 bits per heavy atom. The van der Waals surface area contributed by atoms with E-state index in [2.05, 4.69) is 15.1 Å². The van der Waals surface area contributed by atoms with Crippen molar-refractivity contribution < 1.29 is 4.42 Å². The molecule has 2 aromatic carbocycles. The van der Waals surface area contributed by atoms with Crippen LogP contribution in [0.15, 0.2) is 80.7 Å². The van der Waals surface area contributed by atoms with Crippen molar-refractivity contribution in [2.45, 2.75) is 0 Å². The molecule has 0 saturated carbocycles. The molecule has 2 aliphatic rings. The topological polar surface area (TPSA) is 95.8 Å². The summed E-state index contributed by atoms with van der Waals surface area (Å²) in [4.78, 5) is 33.3. The molecule has 5 rings (SSSR count). The molecular weight excluding hydrogens is 418 g/mol. The molecule has 3 aromatic rings. The monoisotopic (exact) mass is 431 g/mol. The molecule has 0 radical (unpaired) electrons. The standard InChI is InChI=1S/C22H14ClN5O3/c1-27-21(29)18-20(25-22(27)30)28(15-8-3-2-4-9-15)26-19(24-18)17-11-10-16(31-17)13-6-5-7-14(23)12-13/h2-12H,1H3. The number of para-hydroxylation sites is 1. The second-order valence-electron chi connectivity index (χ2n) is 6.79. The molecule has 0 aliphatic carbocycles. The lowest BCUT2D eigenvalue weighted by Gasteiger charge is -2.13. The zero-order chi connectivity index (χ0) is 21.5. The molecule has 8 nitrogen and oxygen atoms in total. The van der Waals surface area contributed by atoms with Gasteiger partial charge in [-0.3, -0.25) is 9.36 Å². The number of halogens is 1. The predicted molar refractivity (Wildman–Crippen MR) is 115 cm³/mol. The van der Waals surface area contributed by atoms with Gasteiger partial charge in [0.1, 0.15) is 5.76 Å². The van der Waals surface area contributed by atoms with Crippen molar-refractivity contribution in [3.63, 3.8) is 0 Å². The molecule has 152 valence electrons. The summed E-state index contributed by atoms with van der Waals surface area (Å²) in [6.45, 7) is 0. The van der Waals surface area contributed by atoms with Gasteiger partial charge in [0.15, 0.2) is 17.3 Å². The van der Waals surface area contributed by atoms with E-state index in [-0.39, 0.29) is 17.3 Å². The van der Waals surface area contributed by atoms with Gasteiger partial charge in [-0.15, -0.1) is 5.10 Å². The summed E-state index contributed by atoms with van der Waals surface area (Å²) in [6.07, 6.45) is 0. The third kappa shape index (κ3) is 3.32. The molecule has 0 N–H and O–H groups in total. The first kappa shape index (κ1) is 19.0. The van der Waals surface area contributed by atoms with Crippen LogP contribution in [0.3, 0.4) is 0 Å². The SMILES string of the molecule is Cn1c(=O)nc2n(-c3ccccc3)nc(-c3ccc(-c4cccc(Cl)c4)o3)nc-2c1=O. The highest BCUT2D eigenvalue weighted by Crippen LogP contribution is 2.29. The van der Waals surface area contributed by atoms with Crippen LogP contribution in [0.2, 0.25) is 5.02 Å². The minimum Gasteiger partial charge on any atom is -0.453 e. The summed E-state index contributed by atoms with van der Waals surface area (Å²) in [6, 6.07) is 19.8. The van der Waals surface area contributed by atoms with Crippen LogP contribution in [0, 0.1) is 0 Å². The van der Waals surface area contributed by atoms with Crippen LogP contribution in [0.25, 0.3) is 40.1 Å². The first-order valence-corrected chi connectivity index (χ1v) is 9.69. The lowest BCUT2D eigenvalue weighted by atomic mass is 10.2. The molecule has 31 heavy (non-hydrogen) atoms. The molecule has 0 atom stereocenters. The summed E-state index contributed by atoms with van der Waals surface area (Å²) < 4.78 is 8.29. The maximum Gasteiger partial charge on any atom is 0.352 e. The van der Waals surface area contributed by atoms with Gasteiger partial charge in [-0.25, -0.2) is 14.5 Å². The molecule has 0 bridgehead atoms. The lowest BCUT2D eigenvalue weighted by Crippen LogP contribution is -2.37. The minimum atomic E-state index is -0.681. The van der Waals surface area contributed by atoms with Crippen LogP contribution < -0.4 is 11.2 Å². The Kier molecular flexibility index (Phi) is 4.48. The van der Waals surface area contributed by atoms with Crippen molar-refractivity contribution in [2.24, 2.45) is 7.05 Å². The van der Waals surface area contributed by atoms with Crippen LogP contribution in [0.4, 0.5) is 0 Å². The van der Waals surface area contributed by atoms with Gasteiger partial charge < -0.3 is 4.42 Å². The van der Waals surface area contributed by atoms with E-state index in [0.29, 0.717) is 22.2 Å². The smallest absolute Gasteiger partial charge is 0.352 e. The van der Waals surface area contributed by atoms with Gasteiger partial charge in [0.2, 0.25) is 5.82 Å². The highest BCUT2D eigenvalue weighted by Gasteiger charge is 2.23. The van der Waals surface area contributed by atoms with Crippen LogP contribution in [0.1, 0.15) is 0 Å². The first-order valence-electron chi connectivity index (χ1n) is 9.31. The van der Waals surface area contributed by atoms with E-state index in [4.69, 9.17) is 16.0 Å². The second kappa shape index (κ2) is 7.33. The minimum absolute atomic E-state index is 0.0108. The van der Waals surface area contributed by atoms with Crippen molar-refractivity contribution in [2.75, 3.05) is 0 Å². The van der Waals surface area contributed by atoms with E-state index in [0.717, 1.165) is 10.1 Å². The highest BCUT2D eigenvalue weighted by atomic mass is 35.5. The second-order valence-corrected chi connectivity index (χ2v) is 7.22. The van der Waals surface area contributed by atoms with Gasteiger partial charge in [0.25, 0.3) is 5.56 Å². The van der Waals surface area contributed by atoms with Gasteiger partial charge in [-0.2, -0.15) is 4.98 Å². The summed E-state index contributed by atoms with van der Waals surface area (Å²) in [5, 5.41) is 5.10. The lowest BCUT2D eigenvalue weighted by molar-refractivity contribution is 0.586. The molecule has 0 spiro atoms. The molecule has 0 amide bonds. The maximum absolute atomic E-state index is 12.8. The van der Waals surface area contributed by atoms with E-state index >= 15 is 0 Å². The zero-order valence-corrected chi connectivity index (χ0v) is 16.9. The summed E-state index contributed by atoms with van der Waals surface area (Å²) in [5.41, 5.74) is 0.184. The van der Waals surface area contributed by atoms with Crippen LogP contribution in [0.5, 0.6) is 0 Å². The molecular formula is C22H14ClN5O3. The summed E-state index contributed by atoms with van der Waals surface area (Å²) in [7, 11) is 1.36. The number of hydrogen-bond acceptors (Lipinski definition) is 6. The van der Waals surface area contributed by atoms with Crippen LogP contribution in [-0.2, 0) is 7.05 Å². The summed E-state index contributed by atoms with van der Waals surface area (Å²) >= 11 is 6.08. The predicted octanol–water partition coefficient (Wildman–Crippen LogP) is 3.41. The van der Waals surface area contributed by atoms with Crippen molar-refractivity contribution in [1.82, 2.24) is 24.3 Å². The van der Waals surface area contributed by atoms with E-state index in [9.17, 15) is 9.59 Å². The third-order valence-corrected chi connectivity index (χ3v) is 4.99. The average Bonchev–Trinajstić information content (AvgIpc) is 3.28. The Morgan fingerprint density at radius 1 is 0.903 bits per heavy atom. The number of rotatable bonds is 3. The van der Waals surface area contributed by atoms with E-state index < -0.39 is 11.2 Å². The Hall–Kier alpha value is -4.04. The maximum atomic E-state index is 12.8. The van der Waals surface area contributed by atoms with Gasteiger partial charge >= 0.3 is 5.69 Å². The zero-order valence-electron chi connectivity index (χ0n) is 16.2. The number of nitrogens with zero attached hydrogens (tertiary/aromatic N) is 5. The van der Waals surface area contributed by atoms with Crippen molar-refractivity contribution in [3.05, 3.63) is 92.6 Å². The Morgan fingerprint density at radius 3 is 2.45 bits per heavy atom. The first-order chi connectivity index (χ1) is 15.0. The van der Waals surface area contributed by atoms with Crippen LogP contribution in [-0.4, -0.2) is 24.3 Å². The van der Waals surface area contributed by atoms with Crippen molar-refractivity contribution >= 4 is 11.6 Å². The third-order valence-electron chi connectivity index (χ3n) is 4.76. The highest BCUT2D eigenvalue weighted by molar-refractivity contribution is 6.30. The molecule has 0 fully saturated rings. The fraction of sp³-hybridized carbons (Fsp3) is 0.0455. The molecule has 9 heteroatoms. The normalized spacial score (nSPS) is 11.2. The summed E-state index contributed by atoms with van der Waals surface area (Å²) in [5.74, 6) is 1.19. The van der Waals surface area contributed by atoms with Crippen molar-refractivity contribution in [1.29, 1.82) is 0 Å². The fourth-order valence-electron chi connectivity index (χ4n) is 3.18. The van der Waals surface area contributed by atoms with E-state index in [1.807, 2.05) is 30.3 Å². The molecule has 3 heterocycles. The average molecular weight is 432 g/mol. The molecule has 0 saturated heterocycles. The van der Waals surface area contributed by atoms with Gasteiger partial charge in [-0.1, -0.05) is 41.9 Å². The number of benzene rings is 2. The fourth-order valence-corrected chi connectivity index (χ4v) is 3.37. The van der Waals surface area contributed by atoms with Gasteiger partial charge in [-0.05, 0) is 36.4 Å². The Bertz CT molecular complexity index is 1500. The number of aromatic nitrogens is 5. The van der Waals surface area contributed by atoms with Gasteiger partial charge in [0, 0.05) is 17.6 Å². The number of hydrogen-bond donors (Lipinski definition) is 0. The van der Waals surface area contributed by atoms with E-state index in [1.54, 1.807) is 36.4 Å². The van der Waals surface area contributed by atoms with E-state index in [1.165, 1.54) is 11.7 Å². The Labute approximate surface area is 180 Å².